The summed E-state index contributed by atoms with van der Waals surface area (Å²) in [7, 11) is 5.92. The molecule has 0 aromatic carbocycles. The van der Waals surface area contributed by atoms with Gasteiger partial charge in [-0.3, -0.25) is 9.59 Å². The lowest BCUT2D eigenvalue weighted by Gasteiger charge is -2.26. The highest BCUT2D eigenvalue weighted by molar-refractivity contribution is 5.70. The van der Waals surface area contributed by atoms with E-state index in [1.165, 1.54) is 135 Å². The minimum Gasteiger partial charge on any atom is -0.545 e. The Morgan fingerprint density at radius 2 is 0.838 bits per heavy atom. The van der Waals surface area contributed by atoms with E-state index in [4.69, 9.17) is 18.9 Å². The van der Waals surface area contributed by atoms with Gasteiger partial charge in [0, 0.05) is 12.8 Å². The van der Waals surface area contributed by atoms with Gasteiger partial charge in [-0.1, -0.05) is 229 Å². The Bertz CT molecular complexity index is 1300. The van der Waals surface area contributed by atoms with Crippen molar-refractivity contribution in [3.05, 3.63) is 60.8 Å². The first kappa shape index (κ1) is 65.0. The van der Waals surface area contributed by atoms with Crippen LogP contribution in [0.2, 0.25) is 0 Å². The van der Waals surface area contributed by atoms with E-state index >= 15 is 0 Å². The molecule has 394 valence electrons. The summed E-state index contributed by atoms with van der Waals surface area (Å²) in [6.45, 7) is 4.65. The highest BCUT2D eigenvalue weighted by Gasteiger charge is 2.22. The second kappa shape index (κ2) is 50.4. The molecule has 0 bridgehead atoms. The third kappa shape index (κ3) is 50.9. The van der Waals surface area contributed by atoms with E-state index in [2.05, 4.69) is 74.6 Å². The van der Waals surface area contributed by atoms with Crippen molar-refractivity contribution in [3.63, 3.8) is 0 Å². The van der Waals surface area contributed by atoms with Gasteiger partial charge in [-0.2, -0.15) is 0 Å². The molecule has 0 aromatic rings. The fourth-order valence-corrected chi connectivity index (χ4v) is 7.74. The molecule has 0 saturated heterocycles. The van der Waals surface area contributed by atoms with Crippen LogP contribution in [0.25, 0.3) is 0 Å². The smallest absolute Gasteiger partial charge is 0.306 e. The maximum absolute atomic E-state index is 12.8. The molecule has 0 heterocycles. The fraction of sp³-hybridized carbons (Fsp3) is 0.780. The van der Waals surface area contributed by atoms with Crippen LogP contribution >= 0.6 is 0 Å². The molecule has 9 nitrogen and oxygen atoms in total. The number of carboxylic acids is 1. The Labute approximate surface area is 418 Å². The molecular weight excluding hydrogens is 851 g/mol. The largest absolute Gasteiger partial charge is 0.545 e. The van der Waals surface area contributed by atoms with E-state index in [1.54, 1.807) is 0 Å². The van der Waals surface area contributed by atoms with Gasteiger partial charge in [0.25, 0.3) is 0 Å². The molecule has 0 saturated carbocycles. The SMILES string of the molecule is CC/C=C\C/C=C\C/C=C\C/C=C\C/C=C\CCCCCCCCCCCCCCCC(=O)OC(COC(=O)CCCCCCCCCCCCCCCC)COC(OCC[N+](C)(C)C)C(=O)[O-]. The number of likely N-dealkylation sites (N-methyl/N-ethyl adjacent to an activating group) is 1. The monoisotopic (exact) mass is 956 g/mol. The Morgan fingerprint density at radius 1 is 0.456 bits per heavy atom. The van der Waals surface area contributed by atoms with Gasteiger partial charge < -0.3 is 33.3 Å². The average molecular weight is 956 g/mol. The quantitative estimate of drug-likeness (QED) is 0.0195. The third-order valence-corrected chi connectivity index (χ3v) is 12.0. The first-order valence-electron chi connectivity index (χ1n) is 27.9. The summed E-state index contributed by atoms with van der Waals surface area (Å²) in [6, 6.07) is 0. The lowest BCUT2D eigenvalue weighted by atomic mass is 10.0. The standard InChI is InChI=1S/C59H105NO8/c1-6-8-10-12-14-16-18-20-22-23-24-25-26-27-28-29-30-31-32-33-34-35-36-38-40-42-44-46-48-50-57(62)68-55(54-67-59(58(63)64)65-52-51-60(3,4)5)53-66-56(61)49-47-45-43-41-39-37-21-19-17-15-13-11-9-7-2/h8,10,14,16,20,22,24-25,27-28,55,59H,6-7,9,11-13,15,17-19,21,23,26,29-54H2,1-5H3/b10-8-,16-14-,22-20-,25-24-,28-27-. The molecule has 0 amide bonds. The van der Waals surface area contributed by atoms with Crippen LogP contribution in [0.4, 0.5) is 0 Å². The van der Waals surface area contributed by atoms with E-state index in [0.717, 1.165) is 70.6 Å². The lowest BCUT2D eigenvalue weighted by Crippen LogP contribution is -2.44. The molecule has 0 aliphatic carbocycles. The van der Waals surface area contributed by atoms with Crippen molar-refractivity contribution in [3.8, 4) is 0 Å². The van der Waals surface area contributed by atoms with Gasteiger partial charge in [-0.25, -0.2) is 0 Å². The van der Waals surface area contributed by atoms with E-state index in [-0.39, 0.29) is 32.2 Å². The van der Waals surface area contributed by atoms with Crippen LogP contribution in [0.3, 0.4) is 0 Å². The van der Waals surface area contributed by atoms with E-state index in [9.17, 15) is 19.5 Å². The van der Waals surface area contributed by atoms with Crippen molar-refractivity contribution in [1.82, 2.24) is 0 Å². The molecule has 2 atom stereocenters. The van der Waals surface area contributed by atoms with Crippen molar-refractivity contribution < 1.29 is 42.9 Å². The molecule has 0 aliphatic heterocycles. The summed E-state index contributed by atoms with van der Waals surface area (Å²) >= 11 is 0. The molecule has 0 spiro atoms. The summed E-state index contributed by atoms with van der Waals surface area (Å²) < 4.78 is 22.7. The maximum atomic E-state index is 12.8. The van der Waals surface area contributed by atoms with Crippen LogP contribution in [0.15, 0.2) is 60.8 Å². The first-order chi connectivity index (χ1) is 33.1. The fourth-order valence-electron chi connectivity index (χ4n) is 7.74. The molecule has 9 heteroatoms. The summed E-state index contributed by atoms with van der Waals surface area (Å²) in [4.78, 5) is 37.2. The Kier molecular flexibility index (Phi) is 48.2. The Balaban J connectivity index is 4.19. The molecule has 68 heavy (non-hydrogen) atoms. The number of nitrogens with zero attached hydrogens (tertiary/aromatic N) is 1. The van der Waals surface area contributed by atoms with E-state index < -0.39 is 24.3 Å². The predicted octanol–water partition coefficient (Wildman–Crippen LogP) is 14.7. The number of unbranched alkanes of at least 4 members (excludes halogenated alkanes) is 26. The van der Waals surface area contributed by atoms with Crippen LogP contribution in [0, 0.1) is 0 Å². The normalized spacial score (nSPS) is 13.2. The van der Waals surface area contributed by atoms with Crippen molar-refractivity contribution >= 4 is 17.9 Å². The highest BCUT2D eigenvalue weighted by atomic mass is 16.7. The number of esters is 2. The maximum Gasteiger partial charge on any atom is 0.306 e. The topological polar surface area (TPSA) is 111 Å². The molecule has 0 rings (SSSR count). The second-order valence-corrected chi connectivity index (χ2v) is 19.9. The number of hydrogen-bond acceptors (Lipinski definition) is 8. The summed E-state index contributed by atoms with van der Waals surface area (Å²) in [5, 5.41) is 11.7. The molecule has 2 unspecified atom stereocenters. The molecule has 0 fully saturated rings. The van der Waals surface area contributed by atoms with Gasteiger partial charge >= 0.3 is 11.9 Å². The van der Waals surface area contributed by atoms with Gasteiger partial charge in [0.1, 0.15) is 13.2 Å². The van der Waals surface area contributed by atoms with Gasteiger partial charge in [-0.15, -0.1) is 0 Å². The van der Waals surface area contributed by atoms with Crippen molar-refractivity contribution in [1.29, 1.82) is 0 Å². The molecule has 0 aromatic heterocycles. The number of carbonyl (C=O) groups is 3. The van der Waals surface area contributed by atoms with Gasteiger partial charge in [0.2, 0.25) is 0 Å². The number of allylic oxidation sites excluding steroid dienone is 10. The minimum atomic E-state index is -1.62. The molecule has 0 aliphatic rings. The summed E-state index contributed by atoms with van der Waals surface area (Å²) in [5.41, 5.74) is 0. The number of hydrogen-bond donors (Lipinski definition) is 0. The average Bonchev–Trinajstić information content (AvgIpc) is 3.30. The highest BCUT2D eigenvalue weighted by Crippen LogP contribution is 2.16. The number of ether oxygens (including phenoxy) is 4. The molecule has 0 radical (unpaired) electrons. The number of quaternary nitrogens is 1. The van der Waals surface area contributed by atoms with Crippen molar-refractivity contribution in [2.24, 2.45) is 0 Å². The Hall–Kier alpha value is -3.01. The van der Waals surface area contributed by atoms with Gasteiger partial charge in [-0.05, 0) is 57.8 Å². The zero-order valence-electron chi connectivity index (χ0n) is 44.7. The Morgan fingerprint density at radius 3 is 1.25 bits per heavy atom. The zero-order valence-corrected chi connectivity index (χ0v) is 44.7. The van der Waals surface area contributed by atoms with Crippen LogP contribution < -0.4 is 5.11 Å². The number of carboxylic acid groups (broad SMARTS) is 1. The third-order valence-electron chi connectivity index (χ3n) is 12.0. The zero-order chi connectivity index (χ0) is 49.9. The summed E-state index contributed by atoms with van der Waals surface area (Å²) in [6.07, 6.45) is 59.8. The van der Waals surface area contributed by atoms with Crippen LogP contribution in [0.1, 0.15) is 239 Å². The first-order valence-corrected chi connectivity index (χ1v) is 27.9. The lowest BCUT2D eigenvalue weighted by molar-refractivity contribution is -0.870. The van der Waals surface area contributed by atoms with Crippen LogP contribution in [-0.2, 0) is 33.3 Å². The van der Waals surface area contributed by atoms with Crippen molar-refractivity contribution in [2.45, 2.75) is 251 Å². The number of aliphatic carboxylic acids is 1. The minimum absolute atomic E-state index is 0.148. The van der Waals surface area contributed by atoms with Crippen molar-refractivity contribution in [2.75, 3.05) is 47.5 Å². The molecular formula is C59H105NO8. The summed E-state index contributed by atoms with van der Waals surface area (Å²) in [5.74, 6) is -2.28. The van der Waals surface area contributed by atoms with Crippen LogP contribution in [-0.4, -0.2) is 82.3 Å². The van der Waals surface area contributed by atoms with Gasteiger partial charge in [0.05, 0.1) is 40.3 Å². The van der Waals surface area contributed by atoms with E-state index in [1.807, 2.05) is 21.1 Å². The number of carbonyl (C=O) groups excluding carboxylic acids is 3. The predicted molar refractivity (Wildman–Crippen MR) is 283 cm³/mol. The van der Waals surface area contributed by atoms with Gasteiger partial charge in [0.15, 0.2) is 12.4 Å². The molecule has 0 N–H and O–H groups in total. The van der Waals surface area contributed by atoms with E-state index in [0.29, 0.717) is 23.9 Å². The number of rotatable bonds is 51. The van der Waals surface area contributed by atoms with Crippen LogP contribution in [0.5, 0.6) is 0 Å². The second-order valence-electron chi connectivity index (χ2n) is 19.9.